The van der Waals surface area contributed by atoms with Crippen LogP contribution in [0.1, 0.15) is 6.92 Å². The molecule has 0 unspecified atom stereocenters. The van der Waals surface area contributed by atoms with E-state index in [1.165, 1.54) is 5.57 Å². The van der Waals surface area contributed by atoms with Crippen LogP contribution in [0, 0.1) is 0 Å². The maximum absolute atomic E-state index is 4.21. The van der Waals surface area contributed by atoms with Crippen molar-refractivity contribution >= 4 is 37.4 Å². The van der Waals surface area contributed by atoms with Crippen LogP contribution in [0.5, 0.6) is 0 Å². The van der Waals surface area contributed by atoms with E-state index in [4.69, 9.17) is 0 Å². The summed E-state index contributed by atoms with van der Waals surface area (Å²) in [6.07, 6.45) is 4.09. The van der Waals surface area contributed by atoms with Crippen molar-refractivity contribution in [2.45, 2.75) is 6.92 Å². The zero-order valence-electron chi connectivity index (χ0n) is 5.31. The summed E-state index contributed by atoms with van der Waals surface area (Å²) >= 11 is 5.00. The Bertz CT molecular complexity index is 223. The van der Waals surface area contributed by atoms with Gasteiger partial charge in [0.15, 0.2) is 0 Å². The van der Waals surface area contributed by atoms with Gasteiger partial charge in [0.05, 0.1) is 5.57 Å². The monoisotopic (exact) mass is 204 g/mol. The van der Waals surface area contributed by atoms with Gasteiger partial charge in [-0.25, -0.2) is 0 Å². The third-order valence-electron chi connectivity index (χ3n) is 1.08. The summed E-state index contributed by atoms with van der Waals surface area (Å²) in [5, 5.41) is 1.08. The highest BCUT2D eigenvalue weighted by Crippen LogP contribution is 2.09. The Hall–Kier alpha value is 0.0200. The second-order valence-corrected chi connectivity index (χ2v) is 3.35. The predicted octanol–water partition coefficient (Wildman–Crippen LogP) is 1.57. The fraction of sp³-hybridized carbons (Fsp3) is 0.333. The first-order chi connectivity index (χ1) is 4.24. The topological polar surface area (TPSA) is 14.1 Å². The molecule has 0 aromatic heterocycles. The lowest BCUT2D eigenvalue weighted by atomic mass is 10.3. The molecule has 0 N–H and O–H groups in total. The van der Waals surface area contributed by atoms with Crippen LogP contribution >= 0.6 is 27.7 Å². The van der Waals surface area contributed by atoms with Crippen molar-refractivity contribution in [3.05, 3.63) is 11.6 Å². The summed E-state index contributed by atoms with van der Waals surface area (Å²) < 4.78 is 5.17. The highest BCUT2D eigenvalue weighted by molar-refractivity contribution is 9.18. The van der Waals surface area contributed by atoms with Crippen molar-refractivity contribution in [2.75, 3.05) is 6.26 Å². The second kappa shape index (κ2) is 2.74. The minimum atomic E-state index is 0.965. The predicted molar refractivity (Wildman–Crippen MR) is 48.3 cm³/mol. The van der Waals surface area contributed by atoms with Crippen LogP contribution in [-0.4, -0.2) is 15.9 Å². The van der Waals surface area contributed by atoms with Gasteiger partial charge >= 0.3 is 9.66 Å². The Morgan fingerprint density at radius 3 is 2.56 bits per heavy atom. The molecule has 0 aromatic carbocycles. The zero-order valence-corrected chi connectivity index (χ0v) is 7.71. The van der Waals surface area contributed by atoms with Gasteiger partial charge in [0.1, 0.15) is 0 Å². The number of hydrogen-bond acceptors (Lipinski definition) is 1. The molecule has 3 heteroatoms. The number of thioether (sulfide) groups is 1. The lowest BCUT2D eigenvalue weighted by Gasteiger charge is -1.72. The van der Waals surface area contributed by atoms with E-state index < -0.39 is 0 Å². The van der Waals surface area contributed by atoms with Crippen LogP contribution in [-0.2, 0) is 0 Å². The maximum Gasteiger partial charge on any atom is 0.372 e. The number of rotatable bonds is 0. The first-order valence-corrected chi connectivity index (χ1v) is 4.59. The molecule has 1 rings (SSSR count). The summed E-state index contributed by atoms with van der Waals surface area (Å²) in [5.41, 5.74) is 1.21. The average Bonchev–Trinajstić information content (AvgIpc) is 2.13. The van der Waals surface area contributed by atoms with Crippen molar-refractivity contribution in [2.24, 2.45) is 0 Å². The minimum Gasteiger partial charge on any atom is -0.0686 e. The Labute approximate surface area is 67.1 Å². The average molecular weight is 205 g/mol. The molecule has 1 aliphatic rings. The lowest BCUT2D eigenvalue weighted by molar-refractivity contribution is 1.64. The molecular formula is C6H7BrNS+. The SMILES string of the molecule is CSC1=[N+]=C(Br)C(C)=C1. The van der Waals surface area contributed by atoms with Crippen molar-refractivity contribution in [3.63, 3.8) is 0 Å². The molecule has 0 atom stereocenters. The zero-order chi connectivity index (χ0) is 6.85. The van der Waals surface area contributed by atoms with Gasteiger partial charge in [-0.05, 0) is 24.9 Å². The Balaban J connectivity index is 2.93. The molecule has 0 aromatic rings. The first-order valence-electron chi connectivity index (χ1n) is 2.58. The normalized spacial score (nSPS) is 17.0. The summed E-state index contributed by atoms with van der Waals surface area (Å²) in [6, 6.07) is 0. The highest BCUT2D eigenvalue weighted by atomic mass is 79.9. The highest BCUT2D eigenvalue weighted by Gasteiger charge is 2.19. The molecule has 0 spiro atoms. The van der Waals surface area contributed by atoms with E-state index in [9.17, 15) is 0 Å². The Morgan fingerprint density at radius 2 is 2.33 bits per heavy atom. The molecule has 0 bridgehead atoms. The number of nitrogens with zero attached hydrogens (tertiary/aromatic N) is 1. The van der Waals surface area contributed by atoms with Crippen LogP contribution in [0.25, 0.3) is 0 Å². The fourth-order valence-electron chi connectivity index (χ4n) is 0.567. The summed E-state index contributed by atoms with van der Waals surface area (Å²) in [4.78, 5) is 0. The standard InChI is InChI=1S/C6H7BrNS/c1-4-3-5(9-2)8-6(4)7/h3H,1-2H3/q+1. The van der Waals surface area contributed by atoms with Gasteiger partial charge in [-0.2, -0.15) is 0 Å². The Morgan fingerprint density at radius 1 is 1.67 bits per heavy atom. The molecule has 1 aliphatic heterocycles. The molecule has 1 heterocycles. The van der Waals surface area contributed by atoms with E-state index in [2.05, 4.69) is 26.7 Å². The van der Waals surface area contributed by atoms with Gasteiger partial charge in [0.25, 0.3) is 0 Å². The third-order valence-corrected chi connectivity index (χ3v) is 2.51. The first kappa shape index (κ1) is 7.13. The molecule has 0 aliphatic carbocycles. The van der Waals surface area contributed by atoms with Crippen LogP contribution in [0.2, 0.25) is 0 Å². The quantitative estimate of drug-likeness (QED) is 0.547. The minimum absolute atomic E-state index is 0.965. The second-order valence-electron chi connectivity index (χ2n) is 1.77. The van der Waals surface area contributed by atoms with Crippen LogP contribution in [0.3, 0.4) is 0 Å². The van der Waals surface area contributed by atoms with E-state index in [0.717, 1.165) is 9.66 Å². The summed E-state index contributed by atoms with van der Waals surface area (Å²) in [7, 11) is 0. The van der Waals surface area contributed by atoms with Crippen molar-refractivity contribution in [1.82, 2.24) is 4.67 Å². The van der Waals surface area contributed by atoms with Crippen LogP contribution in [0.4, 0.5) is 0 Å². The van der Waals surface area contributed by atoms with Crippen molar-refractivity contribution in [3.8, 4) is 0 Å². The Kier molecular flexibility index (Phi) is 2.17. The molecule has 0 saturated heterocycles. The van der Waals surface area contributed by atoms with Crippen molar-refractivity contribution < 1.29 is 0 Å². The molecule has 9 heavy (non-hydrogen) atoms. The smallest absolute Gasteiger partial charge is 0.0686 e. The van der Waals surface area contributed by atoms with Gasteiger partial charge in [-0.3, -0.25) is 0 Å². The van der Waals surface area contributed by atoms with E-state index in [0.29, 0.717) is 0 Å². The molecule has 0 saturated carbocycles. The van der Waals surface area contributed by atoms with E-state index in [1.807, 2.05) is 13.2 Å². The van der Waals surface area contributed by atoms with E-state index >= 15 is 0 Å². The van der Waals surface area contributed by atoms with Gasteiger partial charge < -0.3 is 0 Å². The molecule has 0 amide bonds. The molecular weight excluding hydrogens is 198 g/mol. The molecule has 1 nitrogen and oxygen atoms in total. The fourth-order valence-corrected chi connectivity index (χ4v) is 1.47. The van der Waals surface area contributed by atoms with Gasteiger partial charge in [-0.1, -0.05) is 4.67 Å². The maximum atomic E-state index is 4.21. The molecule has 0 radical (unpaired) electrons. The molecule has 0 fully saturated rings. The summed E-state index contributed by atoms with van der Waals surface area (Å²) in [6.45, 7) is 2.04. The third kappa shape index (κ3) is 1.48. The van der Waals surface area contributed by atoms with E-state index in [-0.39, 0.29) is 0 Å². The van der Waals surface area contributed by atoms with Crippen LogP contribution < -0.4 is 4.67 Å². The number of halogens is 1. The van der Waals surface area contributed by atoms with Crippen molar-refractivity contribution in [1.29, 1.82) is 0 Å². The molecule has 48 valence electrons. The summed E-state index contributed by atoms with van der Waals surface area (Å²) in [5.74, 6) is 0. The van der Waals surface area contributed by atoms with Gasteiger partial charge in [0, 0.05) is 22.0 Å². The van der Waals surface area contributed by atoms with Crippen LogP contribution in [0.15, 0.2) is 11.6 Å². The van der Waals surface area contributed by atoms with E-state index in [1.54, 1.807) is 11.8 Å². The van der Waals surface area contributed by atoms with Gasteiger partial charge in [0.2, 0.25) is 0 Å². The lowest BCUT2D eigenvalue weighted by Crippen LogP contribution is -1.86. The van der Waals surface area contributed by atoms with Gasteiger partial charge in [-0.15, -0.1) is 0 Å². The number of allylic oxidation sites excluding steroid dienone is 1. The number of hydrogen-bond donors (Lipinski definition) is 0. The largest absolute Gasteiger partial charge is 0.372 e.